The van der Waals surface area contributed by atoms with Gasteiger partial charge >= 0.3 is 0 Å². The highest BCUT2D eigenvalue weighted by Crippen LogP contribution is 2.31. The number of carbonyl (C=O) groups is 1. The molecule has 0 bridgehead atoms. The second kappa shape index (κ2) is 4.86. The van der Waals surface area contributed by atoms with E-state index in [0.717, 1.165) is 11.1 Å². The van der Waals surface area contributed by atoms with E-state index in [-0.39, 0.29) is 11.9 Å². The minimum atomic E-state index is -0.635. The molecule has 3 heteroatoms. The van der Waals surface area contributed by atoms with E-state index in [1.807, 2.05) is 30.3 Å². The first-order valence-corrected chi connectivity index (χ1v) is 6.29. The molecule has 2 aromatic carbocycles. The number of hydrogen-bond acceptors (Lipinski definition) is 2. The molecule has 0 saturated carbocycles. The zero-order valence-electron chi connectivity index (χ0n) is 10.3. The summed E-state index contributed by atoms with van der Waals surface area (Å²) in [5.74, 6) is -0.197. The van der Waals surface area contributed by atoms with Crippen molar-refractivity contribution in [3.63, 3.8) is 0 Å². The van der Waals surface area contributed by atoms with Crippen LogP contribution in [0.3, 0.4) is 0 Å². The van der Waals surface area contributed by atoms with E-state index in [0.29, 0.717) is 12.0 Å². The predicted molar refractivity (Wildman–Crippen MR) is 71.6 cm³/mol. The molecule has 0 fully saturated rings. The molecule has 3 rings (SSSR count). The molecule has 2 atom stereocenters. The topological polar surface area (TPSA) is 49.3 Å². The van der Waals surface area contributed by atoms with Crippen molar-refractivity contribution in [2.24, 2.45) is 0 Å². The fourth-order valence-electron chi connectivity index (χ4n) is 2.48. The second-order valence-electron chi connectivity index (χ2n) is 4.70. The van der Waals surface area contributed by atoms with Gasteiger partial charge in [0.15, 0.2) is 0 Å². The van der Waals surface area contributed by atoms with Crippen molar-refractivity contribution in [1.82, 2.24) is 5.32 Å². The number of rotatable bonds is 2. The summed E-state index contributed by atoms with van der Waals surface area (Å²) in [6.07, 6.45) is 0.0273. The zero-order chi connectivity index (χ0) is 13.2. The van der Waals surface area contributed by atoms with Crippen molar-refractivity contribution in [1.29, 1.82) is 0 Å². The lowest BCUT2D eigenvalue weighted by Crippen LogP contribution is -2.37. The fourth-order valence-corrected chi connectivity index (χ4v) is 2.48. The average Bonchev–Trinajstić information content (AvgIpc) is 2.77. The number of hydrogen-bond donors (Lipinski definition) is 2. The van der Waals surface area contributed by atoms with Crippen LogP contribution in [0.4, 0.5) is 0 Å². The number of aliphatic hydroxyl groups excluding tert-OH is 1. The SMILES string of the molecule is O=C(N[C@H]1Cc2ccccc2[C@@H]1O)c1[c]cccc1. The summed E-state index contributed by atoms with van der Waals surface area (Å²) >= 11 is 0. The molecule has 3 nitrogen and oxygen atoms in total. The zero-order valence-corrected chi connectivity index (χ0v) is 10.3. The quantitative estimate of drug-likeness (QED) is 0.857. The van der Waals surface area contributed by atoms with Crippen LogP contribution < -0.4 is 5.32 Å². The Bertz CT molecular complexity index is 595. The standard InChI is InChI=1S/C16H14NO2/c18-15-13-9-5-4-8-12(13)10-14(15)17-16(19)11-6-2-1-3-7-11/h1-6,8-9,14-15,18H,10H2,(H,17,19)/t14-,15-/m0/s1. The maximum absolute atomic E-state index is 12.0. The highest BCUT2D eigenvalue weighted by molar-refractivity contribution is 5.94. The highest BCUT2D eigenvalue weighted by Gasteiger charge is 2.31. The molecule has 1 aliphatic carbocycles. The summed E-state index contributed by atoms with van der Waals surface area (Å²) < 4.78 is 0. The van der Waals surface area contributed by atoms with E-state index in [4.69, 9.17) is 0 Å². The normalized spacial score (nSPS) is 20.9. The first kappa shape index (κ1) is 11.9. The van der Waals surface area contributed by atoms with Crippen LogP contribution in [0.5, 0.6) is 0 Å². The van der Waals surface area contributed by atoms with Crippen LogP contribution in [0, 0.1) is 6.07 Å². The highest BCUT2D eigenvalue weighted by atomic mass is 16.3. The van der Waals surface area contributed by atoms with Crippen LogP contribution >= 0.6 is 0 Å². The number of aliphatic hydroxyl groups is 1. The van der Waals surface area contributed by atoms with E-state index < -0.39 is 6.10 Å². The summed E-state index contributed by atoms with van der Waals surface area (Å²) in [7, 11) is 0. The van der Waals surface area contributed by atoms with Crippen LogP contribution in [-0.2, 0) is 6.42 Å². The fraction of sp³-hybridized carbons (Fsp3) is 0.188. The Labute approximate surface area is 111 Å². The first-order valence-electron chi connectivity index (χ1n) is 6.29. The average molecular weight is 252 g/mol. The molecule has 0 aromatic heterocycles. The summed E-state index contributed by atoms with van der Waals surface area (Å²) in [5.41, 5.74) is 2.49. The Hall–Kier alpha value is -2.13. The molecule has 0 unspecified atom stereocenters. The molecule has 2 N–H and O–H groups in total. The molecule has 1 amide bonds. The van der Waals surface area contributed by atoms with Gasteiger partial charge in [0.25, 0.3) is 5.91 Å². The molecular formula is C16H14NO2. The third kappa shape index (κ3) is 2.25. The Balaban J connectivity index is 1.75. The number of amides is 1. The molecule has 2 aromatic rings. The van der Waals surface area contributed by atoms with Gasteiger partial charge in [0, 0.05) is 5.56 Å². The van der Waals surface area contributed by atoms with Crippen molar-refractivity contribution >= 4 is 5.91 Å². The van der Waals surface area contributed by atoms with Crippen molar-refractivity contribution in [3.05, 3.63) is 71.3 Å². The molecule has 19 heavy (non-hydrogen) atoms. The van der Waals surface area contributed by atoms with E-state index in [9.17, 15) is 9.90 Å². The minimum Gasteiger partial charge on any atom is -0.386 e. The number of carbonyl (C=O) groups excluding carboxylic acids is 1. The molecule has 1 radical (unpaired) electrons. The molecule has 0 saturated heterocycles. The minimum absolute atomic E-state index is 0.197. The smallest absolute Gasteiger partial charge is 0.252 e. The van der Waals surface area contributed by atoms with Crippen molar-refractivity contribution in [2.75, 3.05) is 0 Å². The third-order valence-electron chi connectivity index (χ3n) is 3.46. The van der Waals surface area contributed by atoms with E-state index in [2.05, 4.69) is 11.4 Å². The first-order chi connectivity index (χ1) is 9.25. The molecule has 0 aliphatic heterocycles. The van der Waals surface area contributed by atoms with Crippen LogP contribution in [0.1, 0.15) is 27.6 Å². The molecule has 0 spiro atoms. The largest absolute Gasteiger partial charge is 0.386 e. The van der Waals surface area contributed by atoms with E-state index >= 15 is 0 Å². The van der Waals surface area contributed by atoms with Crippen LogP contribution in [0.15, 0.2) is 48.5 Å². The molecule has 1 aliphatic rings. The summed E-state index contributed by atoms with van der Waals surface area (Å²) in [6, 6.07) is 17.4. The second-order valence-corrected chi connectivity index (χ2v) is 4.70. The van der Waals surface area contributed by atoms with Gasteiger partial charge in [-0.25, -0.2) is 0 Å². The summed E-state index contributed by atoms with van der Waals surface area (Å²) in [4.78, 5) is 12.0. The summed E-state index contributed by atoms with van der Waals surface area (Å²) in [6.45, 7) is 0. The number of benzene rings is 2. The van der Waals surface area contributed by atoms with Crippen molar-refractivity contribution in [3.8, 4) is 0 Å². The van der Waals surface area contributed by atoms with Gasteiger partial charge in [-0.05, 0) is 29.7 Å². The lowest BCUT2D eigenvalue weighted by Gasteiger charge is -2.16. The van der Waals surface area contributed by atoms with Gasteiger partial charge < -0.3 is 10.4 Å². The van der Waals surface area contributed by atoms with E-state index in [1.54, 1.807) is 18.2 Å². The van der Waals surface area contributed by atoms with Crippen molar-refractivity contribution in [2.45, 2.75) is 18.6 Å². The van der Waals surface area contributed by atoms with Gasteiger partial charge in [-0.2, -0.15) is 0 Å². The Kier molecular flexibility index (Phi) is 3.05. The Morgan fingerprint density at radius 3 is 2.74 bits per heavy atom. The lowest BCUT2D eigenvalue weighted by molar-refractivity contribution is 0.0858. The van der Waals surface area contributed by atoms with Crippen LogP contribution in [0.2, 0.25) is 0 Å². The maximum Gasteiger partial charge on any atom is 0.252 e. The van der Waals surface area contributed by atoms with Gasteiger partial charge in [0.05, 0.1) is 12.1 Å². The van der Waals surface area contributed by atoms with Gasteiger partial charge in [-0.15, -0.1) is 0 Å². The Morgan fingerprint density at radius 1 is 1.21 bits per heavy atom. The third-order valence-corrected chi connectivity index (χ3v) is 3.46. The van der Waals surface area contributed by atoms with Crippen LogP contribution in [-0.4, -0.2) is 17.1 Å². The van der Waals surface area contributed by atoms with Gasteiger partial charge in [-0.3, -0.25) is 4.79 Å². The Morgan fingerprint density at radius 2 is 2.00 bits per heavy atom. The van der Waals surface area contributed by atoms with Gasteiger partial charge in [0.2, 0.25) is 0 Å². The lowest BCUT2D eigenvalue weighted by atomic mass is 10.1. The van der Waals surface area contributed by atoms with Gasteiger partial charge in [-0.1, -0.05) is 42.5 Å². The molecule has 0 heterocycles. The monoisotopic (exact) mass is 252 g/mol. The number of fused-ring (bicyclic) bond motifs is 1. The van der Waals surface area contributed by atoms with E-state index in [1.165, 1.54) is 0 Å². The predicted octanol–water partition coefficient (Wildman–Crippen LogP) is 1.87. The summed E-state index contributed by atoms with van der Waals surface area (Å²) in [5, 5.41) is 13.1. The number of nitrogens with one attached hydrogen (secondary N) is 1. The maximum atomic E-state index is 12.0. The van der Waals surface area contributed by atoms with Crippen LogP contribution in [0.25, 0.3) is 0 Å². The molecular weight excluding hydrogens is 238 g/mol. The van der Waals surface area contributed by atoms with Gasteiger partial charge in [0.1, 0.15) is 0 Å². The molecule has 95 valence electrons. The van der Waals surface area contributed by atoms with Crippen molar-refractivity contribution < 1.29 is 9.90 Å².